The number of ether oxygens (including phenoxy) is 1. The zero-order chi connectivity index (χ0) is 15.4. The van der Waals surface area contributed by atoms with E-state index in [9.17, 15) is 4.79 Å². The third-order valence-corrected chi connectivity index (χ3v) is 4.52. The molecule has 4 heteroatoms. The van der Waals surface area contributed by atoms with E-state index in [4.69, 9.17) is 4.74 Å². The van der Waals surface area contributed by atoms with E-state index in [-0.39, 0.29) is 0 Å². The van der Waals surface area contributed by atoms with E-state index in [1.54, 1.807) is 0 Å². The van der Waals surface area contributed by atoms with Gasteiger partial charge in [-0.1, -0.05) is 18.2 Å². The predicted octanol–water partition coefficient (Wildman–Crippen LogP) is 2.53. The molecule has 22 heavy (non-hydrogen) atoms. The highest BCUT2D eigenvalue weighted by Crippen LogP contribution is 2.30. The maximum absolute atomic E-state index is 12.2. The quantitative estimate of drug-likeness (QED) is 0.809. The zero-order valence-corrected chi connectivity index (χ0v) is 13.5. The Hall–Kier alpha value is -1.55. The minimum Gasteiger partial charge on any atom is -0.494 e. The van der Waals surface area contributed by atoms with Crippen molar-refractivity contribution in [3.63, 3.8) is 0 Å². The Bertz CT molecular complexity index is 514. The van der Waals surface area contributed by atoms with Gasteiger partial charge in [0.2, 0.25) is 5.91 Å². The molecule has 0 N–H and O–H groups in total. The highest BCUT2D eigenvalue weighted by atomic mass is 16.5. The number of hydrogen-bond acceptors (Lipinski definition) is 3. The Kier molecular flexibility index (Phi) is 4.98. The average Bonchev–Trinajstić information content (AvgIpc) is 3.34. The molecule has 1 aliphatic carbocycles. The Balaban J connectivity index is 1.60. The van der Waals surface area contributed by atoms with E-state index in [1.807, 2.05) is 19.1 Å². The van der Waals surface area contributed by atoms with Gasteiger partial charge in [0.15, 0.2) is 0 Å². The molecule has 1 amide bonds. The lowest BCUT2D eigenvalue weighted by Crippen LogP contribution is -2.34. The van der Waals surface area contributed by atoms with Gasteiger partial charge in [-0.2, -0.15) is 0 Å². The molecular weight excluding hydrogens is 276 g/mol. The maximum Gasteiger partial charge on any atom is 0.223 e. The number of hydrogen-bond donors (Lipinski definition) is 0. The zero-order valence-electron chi connectivity index (χ0n) is 13.5. The second-order valence-corrected chi connectivity index (χ2v) is 6.35. The van der Waals surface area contributed by atoms with Gasteiger partial charge in [-0.05, 0) is 31.7 Å². The Labute approximate surface area is 133 Å². The highest BCUT2D eigenvalue weighted by molar-refractivity contribution is 5.76. The number of para-hydroxylation sites is 1. The van der Waals surface area contributed by atoms with E-state index in [0.29, 0.717) is 18.9 Å². The summed E-state index contributed by atoms with van der Waals surface area (Å²) >= 11 is 0. The van der Waals surface area contributed by atoms with Gasteiger partial charge in [0, 0.05) is 44.7 Å². The topological polar surface area (TPSA) is 32.8 Å². The molecule has 0 atom stereocenters. The first-order chi connectivity index (χ1) is 10.8. The summed E-state index contributed by atoms with van der Waals surface area (Å²) in [6.07, 6.45) is 3.24. The van der Waals surface area contributed by atoms with Crippen LogP contribution >= 0.6 is 0 Å². The van der Waals surface area contributed by atoms with Crippen LogP contribution in [-0.2, 0) is 11.3 Å². The lowest BCUT2D eigenvalue weighted by atomic mass is 10.2. The van der Waals surface area contributed by atoms with Crippen molar-refractivity contribution in [3.05, 3.63) is 29.8 Å². The molecule has 1 aromatic rings. The number of benzene rings is 1. The van der Waals surface area contributed by atoms with Gasteiger partial charge in [-0.3, -0.25) is 9.69 Å². The summed E-state index contributed by atoms with van der Waals surface area (Å²) in [7, 11) is 0. The van der Waals surface area contributed by atoms with Crippen LogP contribution < -0.4 is 4.74 Å². The van der Waals surface area contributed by atoms with Gasteiger partial charge in [0.25, 0.3) is 0 Å². The minimum absolute atomic E-state index is 0.326. The number of rotatable bonds is 6. The summed E-state index contributed by atoms with van der Waals surface area (Å²) in [5.41, 5.74) is 1.22. The van der Waals surface area contributed by atoms with E-state index in [2.05, 4.69) is 21.9 Å². The fraction of sp³-hybridized carbons (Fsp3) is 0.611. The monoisotopic (exact) mass is 302 g/mol. The smallest absolute Gasteiger partial charge is 0.223 e. The van der Waals surface area contributed by atoms with Crippen molar-refractivity contribution in [2.24, 2.45) is 5.92 Å². The van der Waals surface area contributed by atoms with Crippen molar-refractivity contribution < 1.29 is 9.53 Å². The van der Waals surface area contributed by atoms with E-state index < -0.39 is 0 Å². The molecule has 1 saturated carbocycles. The second kappa shape index (κ2) is 7.14. The van der Waals surface area contributed by atoms with Crippen molar-refractivity contribution in [1.29, 1.82) is 0 Å². The van der Waals surface area contributed by atoms with Crippen LogP contribution in [0, 0.1) is 5.92 Å². The van der Waals surface area contributed by atoms with Crippen LogP contribution in [0.2, 0.25) is 0 Å². The summed E-state index contributed by atoms with van der Waals surface area (Å²) in [4.78, 5) is 16.7. The third-order valence-electron chi connectivity index (χ3n) is 4.52. The second-order valence-electron chi connectivity index (χ2n) is 6.35. The fourth-order valence-electron chi connectivity index (χ4n) is 3.05. The molecule has 0 radical (unpaired) electrons. The fourth-order valence-corrected chi connectivity index (χ4v) is 3.05. The number of carbonyl (C=O) groups excluding carboxylic acids is 1. The van der Waals surface area contributed by atoms with Crippen LogP contribution in [0.25, 0.3) is 0 Å². The van der Waals surface area contributed by atoms with E-state index >= 15 is 0 Å². The standard InChI is InChI=1S/C18H26N2O2/c1-2-22-17-6-4-3-5-16(17)14-19-10-9-18(21)20(12-11-19)13-15-7-8-15/h3-6,15H,2,7-14H2,1H3. The largest absolute Gasteiger partial charge is 0.494 e. The minimum atomic E-state index is 0.326. The maximum atomic E-state index is 12.2. The summed E-state index contributed by atoms with van der Waals surface area (Å²) in [6, 6.07) is 8.22. The van der Waals surface area contributed by atoms with Crippen LogP contribution in [0.3, 0.4) is 0 Å². The Morgan fingerprint density at radius 2 is 2.00 bits per heavy atom. The summed E-state index contributed by atoms with van der Waals surface area (Å²) in [6.45, 7) is 7.20. The molecule has 0 spiro atoms. The highest BCUT2D eigenvalue weighted by Gasteiger charge is 2.28. The molecular formula is C18H26N2O2. The molecule has 1 aromatic carbocycles. The molecule has 1 heterocycles. The first-order valence-electron chi connectivity index (χ1n) is 8.47. The predicted molar refractivity (Wildman–Crippen MR) is 86.8 cm³/mol. The molecule has 1 aliphatic heterocycles. The Morgan fingerprint density at radius 1 is 1.18 bits per heavy atom. The molecule has 0 aromatic heterocycles. The number of nitrogens with zero attached hydrogens (tertiary/aromatic N) is 2. The van der Waals surface area contributed by atoms with Crippen LogP contribution in [0.15, 0.2) is 24.3 Å². The van der Waals surface area contributed by atoms with Gasteiger partial charge in [0.05, 0.1) is 6.61 Å². The number of amides is 1. The van der Waals surface area contributed by atoms with Gasteiger partial charge in [-0.25, -0.2) is 0 Å². The molecule has 4 nitrogen and oxygen atoms in total. The normalized spacial score (nSPS) is 20.0. The van der Waals surface area contributed by atoms with Gasteiger partial charge >= 0.3 is 0 Å². The van der Waals surface area contributed by atoms with Crippen molar-refractivity contribution in [2.45, 2.75) is 32.7 Å². The van der Waals surface area contributed by atoms with Crippen molar-refractivity contribution >= 4 is 5.91 Å². The van der Waals surface area contributed by atoms with Gasteiger partial charge in [-0.15, -0.1) is 0 Å². The SMILES string of the molecule is CCOc1ccccc1CN1CCC(=O)N(CC2CC2)CC1. The molecule has 2 fully saturated rings. The lowest BCUT2D eigenvalue weighted by molar-refractivity contribution is -0.130. The first kappa shape index (κ1) is 15.3. The molecule has 0 bridgehead atoms. The van der Waals surface area contributed by atoms with Crippen LogP contribution in [0.4, 0.5) is 0 Å². The number of carbonyl (C=O) groups is 1. The Morgan fingerprint density at radius 3 is 2.77 bits per heavy atom. The first-order valence-corrected chi connectivity index (χ1v) is 8.47. The van der Waals surface area contributed by atoms with Crippen molar-refractivity contribution in [3.8, 4) is 5.75 Å². The van der Waals surface area contributed by atoms with Gasteiger partial charge in [0.1, 0.15) is 5.75 Å². The molecule has 3 rings (SSSR count). The average molecular weight is 302 g/mol. The summed E-state index contributed by atoms with van der Waals surface area (Å²) < 4.78 is 5.71. The third kappa shape index (κ3) is 4.01. The van der Waals surface area contributed by atoms with Gasteiger partial charge < -0.3 is 9.64 Å². The summed E-state index contributed by atoms with van der Waals surface area (Å²) in [5.74, 6) is 2.07. The summed E-state index contributed by atoms with van der Waals surface area (Å²) in [5, 5.41) is 0. The lowest BCUT2D eigenvalue weighted by Gasteiger charge is -2.22. The van der Waals surface area contributed by atoms with Crippen LogP contribution in [-0.4, -0.2) is 48.5 Å². The van der Waals surface area contributed by atoms with Crippen LogP contribution in [0.5, 0.6) is 5.75 Å². The molecule has 2 aliphatic rings. The van der Waals surface area contributed by atoms with Crippen molar-refractivity contribution in [1.82, 2.24) is 9.80 Å². The van der Waals surface area contributed by atoms with E-state index in [0.717, 1.165) is 44.4 Å². The molecule has 0 unspecified atom stereocenters. The van der Waals surface area contributed by atoms with E-state index in [1.165, 1.54) is 18.4 Å². The van der Waals surface area contributed by atoms with Crippen LogP contribution in [0.1, 0.15) is 31.7 Å². The van der Waals surface area contributed by atoms with Crippen molar-refractivity contribution in [2.75, 3.05) is 32.8 Å². The molecule has 120 valence electrons. The molecule has 1 saturated heterocycles.